The Hall–Kier alpha value is -2.54. The summed E-state index contributed by atoms with van der Waals surface area (Å²) in [5.74, 6) is -0.989. The molecule has 1 heterocycles. The van der Waals surface area contributed by atoms with Crippen LogP contribution in [0.1, 0.15) is 6.42 Å². The second-order valence-corrected chi connectivity index (χ2v) is 4.04. The van der Waals surface area contributed by atoms with Crippen LogP contribution in [0.15, 0.2) is 41.6 Å². The first-order chi connectivity index (χ1) is 9.61. The Labute approximate surface area is 114 Å². The molecule has 6 nitrogen and oxygen atoms in total. The maximum atomic E-state index is 13.9. The molecule has 0 unspecified atom stereocenters. The van der Waals surface area contributed by atoms with E-state index in [-0.39, 0.29) is 30.1 Å². The fourth-order valence-corrected chi connectivity index (χ4v) is 1.66. The lowest BCUT2D eigenvalue weighted by molar-refractivity contribution is -0.116. The van der Waals surface area contributed by atoms with Gasteiger partial charge in [-0.25, -0.2) is 4.39 Å². The molecule has 0 spiro atoms. The molecule has 0 aliphatic rings. The fourth-order valence-electron chi connectivity index (χ4n) is 1.66. The SMILES string of the molecule is NCCC(=O)Nc1ccc(-n2ccncc2=O)cc1F. The maximum absolute atomic E-state index is 13.9. The van der Waals surface area contributed by atoms with Gasteiger partial charge in [0.1, 0.15) is 5.82 Å². The highest BCUT2D eigenvalue weighted by Crippen LogP contribution is 2.17. The van der Waals surface area contributed by atoms with Gasteiger partial charge < -0.3 is 11.1 Å². The van der Waals surface area contributed by atoms with Crippen molar-refractivity contribution in [2.24, 2.45) is 5.73 Å². The summed E-state index contributed by atoms with van der Waals surface area (Å²) in [4.78, 5) is 26.6. The van der Waals surface area contributed by atoms with Crippen LogP contribution in [0, 0.1) is 5.82 Å². The lowest BCUT2D eigenvalue weighted by atomic mass is 10.2. The summed E-state index contributed by atoms with van der Waals surface area (Å²) >= 11 is 0. The number of amides is 1. The Balaban J connectivity index is 2.29. The minimum Gasteiger partial charge on any atom is -0.330 e. The normalized spacial score (nSPS) is 10.3. The molecule has 1 aromatic carbocycles. The zero-order valence-electron chi connectivity index (χ0n) is 10.5. The van der Waals surface area contributed by atoms with Gasteiger partial charge in [0, 0.05) is 31.4 Å². The topological polar surface area (TPSA) is 90.0 Å². The van der Waals surface area contributed by atoms with E-state index in [1.807, 2.05) is 0 Å². The molecule has 0 atom stereocenters. The molecule has 2 aromatic rings. The summed E-state index contributed by atoms with van der Waals surface area (Å²) in [6.07, 6.45) is 4.11. The molecular weight excluding hydrogens is 263 g/mol. The Kier molecular flexibility index (Phi) is 4.21. The summed E-state index contributed by atoms with van der Waals surface area (Å²) in [5.41, 5.74) is 5.27. The molecule has 0 saturated heterocycles. The Morgan fingerprint density at radius 1 is 1.45 bits per heavy atom. The van der Waals surface area contributed by atoms with Crippen LogP contribution in [-0.2, 0) is 4.79 Å². The van der Waals surface area contributed by atoms with E-state index in [9.17, 15) is 14.0 Å². The van der Waals surface area contributed by atoms with Crippen molar-refractivity contribution >= 4 is 11.6 Å². The van der Waals surface area contributed by atoms with Gasteiger partial charge in [-0.15, -0.1) is 0 Å². The first-order valence-electron chi connectivity index (χ1n) is 5.94. The van der Waals surface area contributed by atoms with Crippen LogP contribution in [0.2, 0.25) is 0 Å². The second-order valence-electron chi connectivity index (χ2n) is 4.04. The van der Waals surface area contributed by atoms with Gasteiger partial charge >= 0.3 is 0 Å². The van der Waals surface area contributed by atoms with Crippen molar-refractivity contribution in [3.05, 3.63) is 53.0 Å². The van der Waals surface area contributed by atoms with Gasteiger partial charge in [-0.1, -0.05) is 0 Å². The molecule has 104 valence electrons. The number of benzene rings is 1. The van der Waals surface area contributed by atoms with Crippen LogP contribution in [0.25, 0.3) is 5.69 Å². The Bertz CT molecular complexity index is 684. The molecule has 20 heavy (non-hydrogen) atoms. The summed E-state index contributed by atoms with van der Waals surface area (Å²) in [6.45, 7) is 0.192. The van der Waals surface area contributed by atoms with E-state index in [0.717, 1.165) is 6.20 Å². The molecule has 0 bridgehead atoms. The summed E-state index contributed by atoms with van der Waals surface area (Å²) in [5, 5.41) is 2.41. The average Bonchev–Trinajstić information content (AvgIpc) is 2.42. The molecule has 0 aliphatic carbocycles. The highest BCUT2D eigenvalue weighted by molar-refractivity contribution is 5.91. The number of halogens is 1. The number of hydrogen-bond donors (Lipinski definition) is 2. The predicted molar refractivity (Wildman–Crippen MR) is 72.1 cm³/mol. The largest absolute Gasteiger partial charge is 0.330 e. The van der Waals surface area contributed by atoms with E-state index >= 15 is 0 Å². The highest BCUT2D eigenvalue weighted by Gasteiger charge is 2.08. The molecule has 0 aliphatic heterocycles. The van der Waals surface area contributed by atoms with Crippen LogP contribution >= 0.6 is 0 Å². The molecule has 0 saturated carbocycles. The van der Waals surface area contributed by atoms with Gasteiger partial charge in [-0.2, -0.15) is 0 Å². The minimum atomic E-state index is -0.628. The average molecular weight is 276 g/mol. The number of hydrogen-bond acceptors (Lipinski definition) is 4. The van der Waals surface area contributed by atoms with Gasteiger partial charge in [0.05, 0.1) is 17.6 Å². The minimum absolute atomic E-state index is 0.0503. The molecule has 0 fully saturated rings. The van der Waals surface area contributed by atoms with E-state index in [0.29, 0.717) is 5.69 Å². The zero-order chi connectivity index (χ0) is 14.5. The molecule has 3 N–H and O–H groups in total. The van der Waals surface area contributed by atoms with Gasteiger partial charge in [-0.3, -0.25) is 19.1 Å². The monoisotopic (exact) mass is 276 g/mol. The number of carbonyl (C=O) groups excluding carboxylic acids is 1. The van der Waals surface area contributed by atoms with Crippen molar-refractivity contribution in [2.45, 2.75) is 6.42 Å². The van der Waals surface area contributed by atoms with Gasteiger partial charge in [0.15, 0.2) is 0 Å². The lowest BCUT2D eigenvalue weighted by Crippen LogP contribution is -2.18. The lowest BCUT2D eigenvalue weighted by Gasteiger charge is -2.09. The first kappa shape index (κ1) is 13.9. The van der Waals surface area contributed by atoms with Crippen molar-refractivity contribution in [2.75, 3.05) is 11.9 Å². The highest BCUT2D eigenvalue weighted by atomic mass is 19.1. The second kappa shape index (κ2) is 6.07. The van der Waals surface area contributed by atoms with Crippen LogP contribution in [0.4, 0.5) is 10.1 Å². The third-order valence-corrected chi connectivity index (χ3v) is 2.60. The van der Waals surface area contributed by atoms with E-state index in [1.54, 1.807) is 0 Å². The van der Waals surface area contributed by atoms with Crippen LogP contribution in [-0.4, -0.2) is 22.0 Å². The molecule has 1 amide bonds. The number of nitrogens with one attached hydrogen (secondary N) is 1. The van der Waals surface area contributed by atoms with Crippen molar-refractivity contribution in [1.82, 2.24) is 9.55 Å². The van der Waals surface area contributed by atoms with Crippen LogP contribution in [0.3, 0.4) is 0 Å². The third kappa shape index (κ3) is 3.07. The Morgan fingerprint density at radius 2 is 2.25 bits per heavy atom. The number of aromatic nitrogens is 2. The number of nitrogens with zero attached hydrogens (tertiary/aromatic N) is 2. The molecule has 0 radical (unpaired) electrons. The predicted octanol–water partition coefficient (Wildman–Crippen LogP) is 0.659. The quantitative estimate of drug-likeness (QED) is 0.858. The third-order valence-electron chi connectivity index (χ3n) is 2.60. The van der Waals surface area contributed by atoms with Crippen LogP contribution in [0.5, 0.6) is 0 Å². The molecule has 1 aromatic heterocycles. The fraction of sp³-hybridized carbons (Fsp3) is 0.154. The standard InChI is InChI=1S/C13H13FN4O2/c14-10-7-9(18-6-5-16-8-13(18)20)1-2-11(10)17-12(19)3-4-15/h1-2,5-8H,3-4,15H2,(H,17,19). The van der Waals surface area contributed by atoms with Gasteiger partial charge in [0.2, 0.25) is 5.91 Å². The van der Waals surface area contributed by atoms with E-state index in [2.05, 4.69) is 10.3 Å². The summed E-state index contributed by atoms with van der Waals surface area (Å²) < 4.78 is 15.1. The van der Waals surface area contributed by atoms with E-state index in [1.165, 1.54) is 35.2 Å². The number of anilines is 1. The van der Waals surface area contributed by atoms with Crippen molar-refractivity contribution < 1.29 is 9.18 Å². The number of carbonyl (C=O) groups is 1. The van der Waals surface area contributed by atoms with Gasteiger partial charge in [-0.05, 0) is 12.1 Å². The molecular formula is C13H13FN4O2. The van der Waals surface area contributed by atoms with Crippen molar-refractivity contribution in [1.29, 1.82) is 0 Å². The zero-order valence-corrected chi connectivity index (χ0v) is 10.5. The summed E-state index contributed by atoms with van der Waals surface area (Å²) in [7, 11) is 0. The molecule has 2 rings (SSSR count). The number of rotatable bonds is 4. The summed E-state index contributed by atoms with van der Waals surface area (Å²) in [6, 6.07) is 4.09. The molecule has 7 heteroatoms. The first-order valence-corrected chi connectivity index (χ1v) is 5.94. The van der Waals surface area contributed by atoms with E-state index < -0.39 is 5.82 Å². The smallest absolute Gasteiger partial charge is 0.273 e. The van der Waals surface area contributed by atoms with Crippen molar-refractivity contribution in [3.63, 3.8) is 0 Å². The maximum Gasteiger partial charge on any atom is 0.273 e. The van der Waals surface area contributed by atoms with Gasteiger partial charge in [0.25, 0.3) is 5.56 Å². The van der Waals surface area contributed by atoms with Crippen molar-refractivity contribution in [3.8, 4) is 5.69 Å². The van der Waals surface area contributed by atoms with Crippen LogP contribution < -0.4 is 16.6 Å². The number of nitrogens with two attached hydrogens (primary N) is 1. The Morgan fingerprint density at radius 3 is 2.90 bits per heavy atom. The van der Waals surface area contributed by atoms with E-state index in [4.69, 9.17) is 5.73 Å².